The van der Waals surface area contributed by atoms with E-state index in [1.165, 1.54) is 22.3 Å². The topological polar surface area (TPSA) is 36.9 Å². The van der Waals surface area contributed by atoms with Crippen molar-refractivity contribution in [3.05, 3.63) is 119 Å². The molecule has 4 rings (SSSR count). The van der Waals surface area contributed by atoms with Gasteiger partial charge in [0, 0.05) is 0 Å². The van der Waals surface area contributed by atoms with Crippen molar-refractivity contribution in [2.24, 2.45) is 5.41 Å². The Morgan fingerprint density at radius 1 is 0.351 bits per heavy atom. The summed E-state index contributed by atoms with van der Waals surface area (Å²) in [5.74, 6) is 3.48. The summed E-state index contributed by atoms with van der Waals surface area (Å²) in [4.78, 5) is 0. The summed E-state index contributed by atoms with van der Waals surface area (Å²) in [5, 5.41) is 0. The summed E-state index contributed by atoms with van der Waals surface area (Å²) in [6.07, 6.45) is 3.67. The van der Waals surface area contributed by atoms with Crippen molar-refractivity contribution in [3.63, 3.8) is 0 Å². The molecule has 0 saturated heterocycles. The van der Waals surface area contributed by atoms with Gasteiger partial charge in [0.15, 0.2) is 0 Å². The molecule has 4 aromatic carbocycles. The molecule has 0 N–H and O–H groups in total. The van der Waals surface area contributed by atoms with Crippen LogP contribution in [0.1, 0.15) is 22.3 Å². The summed E-state index contributed by atoms with van der Waals surface area (Å²) >= 11 is 0. The number of benzene rings is 4. The van der Waals surface area contributed by atoms with E-state index in [0.717, 1.165) is 48.7 Å². The summed E-state index contributed by atoms with van der Waals surface area (Å²) in [6.45, 7) is 0. The molecule has 0 atom stereocenters. The largest absolute Gasteiger partial charge is 0.497 e. The number of methoxy groups -OCH3 is 4. The van der Waals surface area contributed by atoms with Crippen LogP contribution in [0.2, 0.25) is 0 Å². The van der Waals surface area contributed by atoms with Crippen LogP contribution < -0.4 is 18.9 Å². The lowest BCUT2D eigenvalue weighted by Crippen LogP contribution is -2.32. The minimum Gasteiger partial charge on any atom is -0.497 e. The van der Waals surface area contributed by atoms with Crippen molar-refractivity contribution in [2.45, 2.75) is 25.7 Å². The summed E-state index contributed by atoms with van der Waals surface area (Å²) in [5.41, 5.74) is 5.08. The van der Waals surface area contributed by atoms with E-state index in [1.807, 2.05) is 48.5 Å². The van der Waals surface area contributed by atoms with Crippen molar-refractivity contribution in [2.75, 3.05) is 28.4 Å². The Kier molecular flexibility index (Phi) is 8.73. The molecule has 0 aliphatic heterocycles. The maximum atomic E-state index is 5.42. The Hall–Kier alpha value is -3.92. The highest BCUT2D eigenvalue weighted by Gasteiger charge is 2.32. The highest BCUT2D eigenvalue weighted by atomic mass is 16.5. The SMILES string of the molecule is COc1ccc(CC(Cc2ccc(OC)cc2)(Cc2ccc(OC)cc2)Cc2ccc(OC)cc2)cc1. The molecule has 0 saturated carbocycles. The maximum absolute atomic E-state index is 5.42. The van der Waals surface area contributed by atoms with E-state index in [4.69, 9.17) is 18.9 Å². The summed E-state index contributed by atoms with van der Waals surface area (Å²) in [7, 11) is 6.82. The van der Waals surface area contributed by atoms with Crippen LogP contribution in [0.15, 0.2) is 97.1 Å². The molecule has 0 aromatic heterocycles. The van der Waals surface area contributed by atoms with Crippen LogP contribution in [0.25, 0.3) is 0 Å². The van der Waals surface area contributed by atoms with Gasteiger partial charge in [-0.3, -0.25) is 0 Å². The molecule has 37 heavy (non-hydrogen) atoms. The van der Waals surface area contributed by atoms with Crippen LogP contribution in [0.5, 0.6) is 23.0 Å². The van der Waals surface area contributed by atoms with Crippen molar-refractivity contribution in [1.82, 2.24) is 0 Å². The number of hydrogen-bond acceptors (Lipinski definition) is 4. The van der Waals surface area contributed by atoms with Crippen molar-refractivity contribution in [3.8, 4) is 23.0 Å². The molecular weight excluding hydrogens is 460 g/mol. The van der Waals surface area contributed by atoms with Crippen LogP contribution in [-0.4, -0.2) is 28.4 Å². The van der Waals surface area contributed by atoms with E-state index in [2.05, 4.69) is 48.5 Å². The second-order valence-electron chi connectivity index (χ2n) is 9.60. The third-order valence-corrected chi connectivity index (χ3v) is 6.95. The van der Waals surface area contributed by atoms with Gasteiger partial charge in [-0.1, -0.05) is 48.5 Å². The highest BCUT2D eigenvalue weighted by molar-refractivity contribution is 5.35. The smallest absolute Gasteiger partial charge is 0.118 e. The fourth-order valence-corrected chi connectivity index (χ4v) is 5.08. The minimum absolute atomic E-state index is 0.0770. The number of rotatable bonds is 12. The molecule has 0 radical (unpaired) electrons. The van der Waals surface area contributed by atoms with Gasteiger partial charge in [0.1, 0.15) is 23.0 Å². The van der Waals surface area contributed by atoms with Gasteiger partial charge in [-0.05, 0) is 102 Å². The molecule has 0 aliphatic rings. The second-order valence-corrected chi connectivity index (χ2v) is 9.60. The van der Waals surface area contributed by atoms with Crippen LogP contribution in [0.4, 0.5) is 0 Å². The van der Waals surface area contributed by atoms with Gasteiger partial charge >= 0.3 is 0 Å². The monoisotopic (exact) mass is 496 g/mol. The molecule has 0 aliphatic carbocycles. The van der Waals surface area contributed by atoms with Gasteiger partial charge < -0.3 is 18.9 Å². The fraction of sp³-hybridized carbons (Fsp3) is 0.273. The maximum Gasteiger partial charge on any atom is 0.118 e. The predicted octanol–water partition coefficient (Wildman–Crippen LogP) is 6.98. The Labute approximate surface area is 220 Å². The first-order chi connectivity index (χ1) is 18.0. The van der Waals surface area contributed by atoms with Gasteiger partial charge in [0.05, 0.1) is 28.4 Å². The average molecular weight is 497 g/mol. The molecule has 0 fully saturated rings. The van der Waals surface area contributed by atoms with Crippen molar-refractivity contribution >= 4 is 0 Å². The molecule has 4 heteroatoms. The van der Waals surface area contributed by atoms with Crippen LogP contribution in [-0.2, 0) is 25.7 Å². The van der Waals surface area contributed by atoms with Gasteiger partial charge in [-0.2, -0.15) is 0 Å². The standard InChI is InChI=1S/C33H36O4/c1-34-29-13-5-25(6-14-29)21-33(22-26-7-15-30(35-2)16-8-26,23-27-9-17-31(36-3)18-10-27)24-28-11-19-32(37-4)20-12-28/h5-20H,21-24H2,1-4H3. The van der Waals surface area contributed by atoms with E-state index >= 15 is 0 Å². The van der Waals surface area contributed by atoms with Gasteiger partial charge in [0.25, 0.3) is 0 Å². The van der Waals surface area contributed by atoms with Gasteiger partial charge in [0.2, 0.25) is 0 Å². The molecule has 192 valence electrons. The first kappa shape index (κ1) is 26.2. The molecule has 0 spiro atoms. The predicted molar refractivity (Wildman–Crippen MR) is 149 cm³/mol. The third-order valence-electron chi connectivity index (χ3n) is 6.95. The van der Waals surface area contributed by atoms with Gasteiger partial charge in [-0.15, -0.1) is 0 Å². The Balaban J connectivity index is 1.76. The first-order valence-electron chi connectivity index (χ1n) is 12.6. The van der Waals surface area contributed by atoms with Crippen molar-refractivity contribution < 1.29 is 18.9 Å². The highest BCUT2D eigenvalue weighted by Crippen LogP contribution is 2.37. The molecule has 0 heterocycles. The minimum atomic E-state index is -0.0770. The normalized spacial score (nSPS) is 11.1. The van der Waals surface area contributed by atoms with E-state index in [-0.39, 0.29) is 5.41 Å². The first-order valence-corrected chi connectivity index (χ1v) is 12.6. The average Bonchev–Trinajstić information content (AvgIpc) is 2.94. The molecule has 0 bridgehead atoms. The molecule has 0 unspecified atom stereocenters. The molecule has 4 nitrogen and oxygen atoms in total. The molecule has 0 amide bonds. The molecule has 4 aromatic rings. The fourth-order valence-electron chi connectivity index (χ4n) is 5.08. The lowest BCUT2D eigenvalue weighted by molar-refractivity contribution is 0.275. The summed E-state index contributed by atoms with van der Waals surface area (Å²) in [6, 6.07) is 33.9. The zero-order valence-electron chi connectivity index (χ0n) is 22.2. The zero-order valence-corrected chi connectivity index (χ0v) is 22.2. The van der Waals surface area contributed by atoms with Crippen LogP contribution >= 0.6 is 0 Å². The van der Waals surface area contributed by atoms with E-state index in [9.17, 15) is 0 Å². The quantitative estimate of drug-likeness (QED) is 0.212. The number of ether oxygens (including phenoxy) is 4. The zero-order chi connectivity index (χ0) is 26.1. The lowest BCUT2D eigenvalue weighted by atomic mass is 9.68. The van der Waals surface area contributed by atoms with Crippen LogP contribution in [0.3, 0.4) is 0 Å². The van der Waals surface area contributed by atoms with Crippen LogP contribution in [0, 0.1) is 5.41 Å². The Morgan fingerprint density at radius 3 is 0.703 bits per heavy atom. The van der Waals surface area contributed by atoms with Crippen molar-refractivity contribution in [1.29, 1.82) is 0 Å². The molecular formula is C33H36O4. The third kappa shape index (κ3) is 7.07. The summed E-state index contributed by atoms with van der Waals surface area (Å²) < 4.78 is 21.7. The van der Waals surface area contributed by atoms with E-state index in [0.29, 0.717) is 0 Å². The lowest BCUT2D eigenvalue weighted by Gasteiger charge is -2.35. The van der Waals surface area contributed by atoms with Gasteiger partial charge in [-0.25, -0.2) is 0 Å². The Bertz CT molecular complexity index is 1020. The van der Waals surface area contributed by atoms with E-state index < -0.39 is 0 Å². The Morgan fingerprint density at radius 2 is 0.541 bits per heavy atom. The van der Waals surface area contributed by atoms with E-state index in [1.54, 1.807) is 28.4 Å². The second kappa shape index (κ2) is 12.4. The number of hydrogen-bond donors (Lipinski definition) is 0.